The van der Waals surface area contributed by atoms with Gasteiger partial charge >= 0.3 is 0 Å². The number of hydrogen-bond donors (Lipinski definition) is 2. The summed E-state index contributed by atoms with van der Waals surface area (Å²) in [6.45, 7) is 2.56. The van der Waals surface area contributed by atoms with E-state index >= 15 is 0 Å². The Balaban J connectivity index is 1.83. The number of carbonyl (C=O) groups excluding carboxylic acids is 1. The largest absolute Gasteiger partial charge is 0.352 e. The molecule has 0 aromatic heterocycles. The van der Waals surface area contributed by atoms with Crippen molar-refractivity contribution in [3.8, 4) is 0 Å². The molecule has 0 aromatic carbocycles. The summed E-state index contributed by atoms with van der Waals surface area (Å²) in [5.41, 5.74) is 5.41. The van der Waals surface area contributed by atoms with E-state index in [-0.39, 0.29) is 11.3 Å². The highest BCUT2D eigenvalue weighted by molar-refractivity contribution is 5.85. The summed E-state index contributed by atoms with van der Waals surface area (Å²) in [6.07, 6.45) is 3.01. The summed E-state index contributed by atoms with van der Waals surface area (Å²) < 4.78 is 0. The molecule has 0 bridgehead atoms. The van der Waals surface area contributed by atoms with E-state index in [4.69, 9.17) is 5.73 Å². The first-order chi connectivity index (χ1) is 6.66. The molecule has 1 aliphatic heterocycles. The van der Waals surface area contributed by atoms with Crippen molar-refractivity contribution < 1.29 is 4.79 Å². The lowest BCUT2D eigenvalue weighted by Crippen LogP contribution is -2.43. The Labute approximate surface area is 84.8 Å². The molecule has 14 heavy (non-hydrogen) atoms. The van der Waals surface area contributed by atoms with Crippen LogP contribution in [0.5, 0.6) is 0 Å². The maximum absolute atomic E-state index is 11.8. The summed E-state index contributed by atoms with van der Waals surface area (Å²) in [6, 6.07) is 0.344. The molecule has 0 spiro atoms. The summed E-state index contributed by atoms with van der Waals surface area (Å²) in [5.74, 6) is 0.181. The highest BCUT2D eigenvalue weighted by atomic mass is 16.2. The smallest absolute Gasteiger partial charge is 0.227 e. The number of nitrogens with two attached hydrogens (primary N) is 1. The zero-order valence-electron chi connectivity index (χ0n) is 8.75. The Morgan fingerprint density at radius 1 is 1.64 bits per heavy atom. The van der Waals surface area contributed by atoms with Crippen LogP contribution in [0.25, 0.3) is 0 Å². The predicted molar refractivity (Wildman–Crippen MR) is 54.8 cm³/mol. The zero-order valence-corrected chi connectivity index (χ0v) is 8.75. The summed E-state index contributed by atoms with van der Waals surface area (Å²) in [4.78, 5) is 14.1. The average Bonchev–Trinajstić information content (AvgIpc) is 2.87. The van der Waals surface area contributed by atoms with Gasteiger partial charge in [-0.15, -0.1) is 0 Å². The van der Waals surface area contributed by atoms with Crippen LogP contribution < -0.4 is 11.1 Å². The average molecular weight is 197 g/mol. The molecule has 1 saturated heterocycles. The van der Waals surface area contributed by atoms with E-state index in [1.807, 2.05) is 0 Å². The first kappa shape index (κ1) is 9.93. The highest BCUT2D eigenvalue weighted by Gasteiger charge is 2.49. The molecule has 0 radical (unpaired) electrons. The molecule has 3 N–H and O–H groups in total. The Hall–Kier alpha value is -0.610. The second-order valence-corrected chi connectivity index (χ2v) is 4.71. The van der Waals surface area contributed by atoms with E-state index in [9.17, 15) is 4.79 Å². The second kappa shape index (κ2) is 3.51. The van der Waals surface area contributed by atoms with Crippen LogP contribution in [-0.2, 0) is 4.79 Å². The number of hydrogen-bond acceptors (Lipinski definition) is 3. The Morgan fingerprint density at radius 3 is 2.79 bits per heavy atom. The molecular formula is C10H19N3O. The maximum atomic E-state index is 11.8. The molecule has 1 atom stereocenters. The van der Waals surface area contributed by atoms with Gasteiger partial charge in [0.1, 0.15) is 0 Å². The fraction of sp³-hybridized carbons (Fsp3) is 0.900. The SMILES string of the molecule is CN1CCC(NC(=O)C2(CN)CC2)C1. The van der Waals surface area contributed by atoms with E-state index < -0.39 is 0 Å². The van der Waals surface area contributed by atoms with E-state index in [0.29, 0.717) is 12.6 Å². The van der Waals surface area contributed by atoms with Gasteiger partial charge in [-0.25, -0.2) is 0 Å². The van der Waals surface area contributed by atoms with Crippen molar-refractivity contribution in [2.75, 3.05) is 26.7 Å². The standard InChI is InChI=1S/C10H19N3O/c1-13-5-2-8(6-13)12-9(14)10(7-11)3-4-10/h8H,2-7,11H2,1H3,(H,12,14). The Bertz CT molecular complexity index is 238. The molecule has 0 aromatic rings. The molecule has 1 saturated carbocycles. The van der Waals surface area contributed by atoms with Crippen LogP contribution >= 0.6 is 0 Å². The van der Waals surface area contributed by atoms with Crippen LogP contribution in [-0.4, -0.2) is 43.5 Å². The minimum atomic E-state index is -0.193. The number of nitrogens with zero attached hydrogens (tertiary/aromatic N) is 1. The topological polar surface area (TPSA) is 58.4 Å². The van der Waals surface area contributed by atoms with Gasteiger partial charge in [-0.1, -0.05) is 0 Å². The van der Waals surface area contributed by atoms with Crippen LogP contribution in [0.4, 0.5) is 0 Å². The lowest BCUT2D eigenvalue weighted by Gasteiger charge is -2.17. The van der Waals surface area contributed by atoms with Gasteiger partial charge in [0, 0.05) is 19.1 Å². The molecule has 2 fully saturated rings. The van der Waals surface area contributed by atoms with Crippen LogP contribution in [0, 0.1) is 5.41 Å². The van der Waals surface area contributed by atoms with Gasteiger partial charge in [0.05, 0.1) is 5.41 Å². The minimum absolute atomic E-state index is 0.181. The molecule has 4 nitrogen and oxygen atoms in total. The summed E-state index contributed by atoms with van der Waals surface area (Å²) in [7, 11) is 2.09. The van der Waals surface area contributed by atoms with Crippen molar-refractivity contribution in [3.05, 3.63) is 0 Å². The number of carbonyl (C=O) groups is 1. The van der Waals surface area contributed by atoms with Crippen molar-refractivity contribution in [1.29, 1.82) is 0 Å². The molecule has 1 heterocycles. The van der Waals surface area contributed by atoms with Crippen molar-refractivity contribution in [2.24, 2.45) is 11.1 Å². The van der Waals surface area contributed by atoms with Crippen molar-refractivity contribution in [3.63, 3.8) is 0 Å². The van der Waals surface area contributed by atoms with Gasteiger partial charge in [-0.05, 0) is 32.9 Å². The van der Waals surface area contributed by atoms with E-state index in [2.05, 4.69) is 17.3 Å². The van der Waals surface area contributed by atoms with Gasteiger partial charge in [0.15, 0.2) is 0 Å². The van der Waals surface area contributed by atoms with Crippen LogP contribution in [0.15, 0.2) is 0 Å². The predicted octanol–water partition coefficient (Wildman–Crippen LogP) is -0.454. The van der Waals surface area contributed by atoms with E-state index in [0.717, 1.165) is 32.4 Å². The lowest BCUT2D eigenvalue weighted by molar-refractivity contribution is -0.126. The maximum Gasteiger partial charge on any atom is 0.227 e. The van der Waals surface area contributed by atoms with Crippen molar-refractivity contribution in [1.82, 2.24) is 10.2 Å². The first-order valence-electron chi connectivity index (χ1n) is 5.36. The molecule has 2 rings (SSSR count). The quantitative estimate of drug-likeness (QED) is 0.644. The molecule has 1 amide bonds. The second-order valence-electron chi connectivity index (χ2n) is 4.71. The first-order valence-corrected chi connectivity index (χ1v) is 5.36. The molecular weight excluding hydrogens is 178 g/mol. The number of nitrogens with one attached hydrogen (secondary N) is 1. The van der Waals surface area contributed by atoms with Gasteiger partial charge in [-0.3, -0.25) is 4.79 Å². The third kappa shape index (κ3) is 1.77. The normalized spacial score (nSPS) is 30.3. The molecule has 2 aliphatic rings. The zero-order chi connectivity index (χ0) is 10.2. The fourth-order valence-corrected chi connectivity index (χ4v) is 2.07. The summed E-state index contributed by atoms with van der Waals surface area (Å²) in [5, 5.41) is 3.10. The summed E-state index contributed by atoms with van der Waals surface area (Å²) >= 11 is 0. The van der Waals surface area contributed by atoms with Crippen molar-refractivity contribution in [2.45, 2.75) is 25.3 Å². The van der Waals surface area contributed by atoms with Gasteiger partial charge < -0.3 is 16.0 Å². The third-order valence-corrected chi connectivity index (χ3v) is 3.45. The van der Waals surface area contributed by atoms with Gasteiger partial charge in [-0.2, -0.15) is 0 Å². The Kier molecular flexibility index (Phi) is 2.49. The molecule has 80 valence electrons. The third-order valence-electron chi connectivity index (χ3n) is 3.45. The van der Waals surface area contributed by atoms with Crippen LogP contribution in [0.1, 0.15) is 19.3 Å². The Morgan fingerprint density at radius 2 is 2.36 bits per heavy atom. The van der Waals surface area contributed by atoms with Gasteiger partial charge in [0.25, 0.3) is 0 Å². The van der Waals surface area contributed by atoms with Crippen LogP contribution in [0.2, 0.25) is 0 Å². The minimum Gasteiger partial charge on any atom is -0.352 e. The molecule has 1 unspecified atom stereocenters. The van der Waals surface area contributed by atoms with Crippen molar-refractivity contribution >= 4 is 5.91 Å². The number of rotatable bonds is 3. The van der Waals surface area contributed by atoms with Gasteiger partial charge in [0.2, 0.25) is 5.91 Å². The van der Waals surface area contributed by atoms with Crippen LogP contribution in [0.3, 0.4) is 0 Å². The van der Waals surface area contributed by atoms with E-state index in [1.54, 1.807) is 0 Å². The number of amides is 1. The lowest BCUT2D eigenvalue weighted by atomic mass is 10.1. The number of likely N-dealkylation sites (tertiary alicyclic amines) is 1. The fourth-order valence-electron chi connectivity index (χ4n) is 2.07. The number of likely N-dealkylation sites (N-methyl/N-ethyl adjacent to an activating group) is 1. The monoisotopic (exact) mass is 197 g/mol. The van der Waals surface area contributed by atoms with E-state index in [1.165, 1.54) is 0 Å². The molecule has 4 heteroatoms. The highest BCUT2D eigenvalue weighted by Crippen LogP contribution is 2.44. The molecule has 1 aliphatic carbocycles.